The summed E-state index contributed by atoms with van der Waals surface area (Å²) in [4.78, 5) is 23.9. The molecule has 9 heteroatoms. The first-order chi connectivity index (χ1) is 13.6. The van der Waals surface area contributed by atoms with E-state index >= 15 is 0 Å². The lowest BCUT2D eigenvalue weighted by Gasteiger charge is -2.29. The fraction of sp³-hybridized carbons (Fsp3) is 0.789. The summed E-state index contributed by atoms with van der Waals surface area (Å²) in [5.74, 6) is -0.0101. The van der Waals surface area contributed by atoms with Gasteiger partial charge in [0.2, 0.25) is 5.13 Å². The molecule has 0 aromatic carbocycles. The SMILES string of the molecule is C[C@H]1CCCC[C@H]1NC(=O)COC(=O)CSc1nnc(NC2CCCCC2)s1. The van der Waals surface area contributed by atoms with Gasteiger partial charge in [-0.1, -0.05) is 62.1 Å². The van der Waals surface area contributed by atoms with Crippen LogP contribution in [0.2, 0.25) is 0 Å². The van der Waals surface area contributed by atoms with Crippen LogP contribution in [0.1, 0.15) is 64.7 Å². The number of aromatic nitrogens is 2. The van der Waals surface area contributed by atoms with Crippen molar-refractivity contribution in [2.75, 3.05) is 17.7 Å². The molecule has 0 spiro atoms. The number of rotatable bonds is 8. The molecule has 2 aliphatic carbocycles. The van der Waals surface area contributed by atoms with E-state index in [1.54, 1.807) is 0 Å². The van der Waals surface area contributed by atoms with Crippen LogP contribution >= 0.6 is 23.1 Å². The summed E-state index contributed by atoms with van der Waals surface area (Å²) < 4.78 is 5.83. The number of hydrogen-bond donors (Lipinski definition) is 2. The monoisotopic (exact) mass is 426 g/mol. The Morgan fingerprint density at radius 1 is 1.11 bits per heavy atom. The molecule has 1 aromatic rings. The summed E-state index contributed by atoms with van der Waals surface area (Å²) >= 11 is 2.76. The van der Waals surface area contributed by atoms with E-state index in [1.165, 1.54) is 61.6 Å². The standard InChI is InChI=1S/C19H30N4O3S2/c1-13-7-5-6-10-15(13)21-16(24)11-26-17(25)12-27-19-23-22-18(28-19)20-14-8-3-2-4-9-14/h13-15H,2-12H2,1H3,(H,20,22)(H,21,24)/t13-,15+/m0/s1. The first-order valence-electron chi connectivity index (χ1n) is 10.3. The number of carbonyl (C=O) groups is 2. The Balaban J connectivity index is 1.32. The molecule has 0 saturated heterocycles. The number of thioether (sulfide) groups is 1. The van der Waals surface area contributed by atoms with Crippen molar-refractivity contribution in [1.82, 2.24) is 15.5 Å². The molecule has 2 atom stereocenters. The predicted molar refractivity (Wildman–Crippen MR) is 112 cm³/mol. The molecule has 1 aromatic heterocycles. The van der Waals surface area contributed by atoms with Crippen molar-refractivity contribution < 1.29 is 14.3 Å². The minimum atomic E-state index is -0.408. The number of amides is 1. The number of ether oxygens (including phenoxy) is 1. The third-order valence-electron chi connectivity index (χ3n) is 5.47. The third-order valence-corrected chi connectivity index (χ3v) is 7.44. The molecule has 28 heavy (non-hydrogen) atoms. The Morgan fingerprint density at radius 3 is 2.64 bits per heavy atom. The van der Waals surface area contributed by atoms with E-state index in [0.717, 1.165) is 28.7 Å². The summed E-state index contributed by atoms with van der Waals surface area (Å²) in [6, 6.07) is 0.681. The molecule has 1 amide bonds. The molecular formula is C19H30N4O3S2. The lowest BCUT2D eigenvalue weighted by Crippen LogP contribution is -2.43. The van der Waals surface area contributed by atoms with Crippen LogP contribution in [0.4, 0.5) is 5.13 Å². The molecule has 7 nitrogen and oxygen atoms in total. The number of nitrogens with zero attached hydrogens (tertiary/aromatic N) is 2. The van der Waals surface area contributed by atoms with Crippen LogP contribution in [0.25, 0.3) is 0 Å². The first kappa shape index (κ1) is 21.4. The van der Waals surface area contributed by atoms with Crippen molar-refractivity contribution in [3.8, 4) is 0 Å². The quantitative estimate of drug-likeness (QED) is 0.484. The second kappa shape index (κ2) is 11.0. The minimum Gasteiger partial charge on any atom is -0.455 e. The van der Waals surface area contributed by atoms with Crippen LogP contribution < -0.4 is 10.6 Å². The highest BCUT2D eigenvalue weighted by Crippen LogP contribution is 2.28. The molecule has 0 bridgehead atoms. The van der Waals surface area contributed by atoms with Crippen molar-refractivity contribution in [1.29, 1.82) is 0 Å². The Hall–Kier alpha value is -1.35. The molecule has 2 aliphatic rings. The zero-order chi connectivity index (χ0) is 19.8. The third kappa shape index (κ3) is 6.92. The van der Waals surface area contributed by atoms with Crippen molar-refractivity contribution in [2.24, 2.45) is 5.92 Å². The van der Waals surface area contributed by atoms with Crippen LogP contribution in [-0.4, -0.2) is 46.5 Å². The average Bonchev–Trinajstić information content (AvgIpc) is 3.15. The van der Waals surface area contributed by atoms with Crippen LogP contribution in [0.15, 0.2) is 4.34 Å². The maximum Gasteiger partial charge on any atom is 0.316 e. The molecule has 3 rings (SSSR count). The van der Waals surface area contributed by atoms with E-state index in [2.05, 4.69) is 27.8 Å². The number of nitrogens with one attached hydrogen (secondary N) is 2. The van der Waals surface area contributed by atoms with Crippen LogP contribution in [0.5, 0.6) is 0 Å². The predicted octanol–water partition coefficient (Wildman–Crippen LogP) is 3.61. The van der Waals surface area contributed by atoms with E-state index in [0.29, 0.717) is 12.0 Å². The van der Waals surface area contributed by atoms with Gasteiger partial charge in [0.25, 0.3) is 5.91 Å². The summed E-state index contributed by atoms with van der Waals surface area (Å²) in [7, 11) is 0. The van der Waals surface area contributed by atoms with Gasteiger partial charge in [-0.2, -0.15) is 0 Å². The largest absolute Gasteiger partial charge is 0.455 e. The molecule has 2 saturated carbocycles. The highest BCUT2D eigenvalue weighted by atomic mass is 32.2. The fourth-order valence-electron chi connectivity index (χ4n) is 3.84. The van der Waals surface area contributed by atoms with Crippen LogP contribution in [0, 0.1) is 5.92 Å². The lowest BCUT2D eigenvalue weighted by atomic mass is 9.86. The Labute approximate surface area is 174 Å². The molecule has 2 fully saturated rings. The van der Waals surface area contributed by atoms with Crippen molar-refractivity contribution in [3.05, 3.63) is 0 Å². The van der Waals surface area contributed by atoms with E-state index < -0.39 is 5.97 Å². The topological polar surface area (TPSA) is 93.2 Å². The summed E-state index contributed by atoms with van der Waals surface area (Å²) in [5.41, 5.74) is 0. The second-order valence-corrected chi connectivity index (χ2v) is 9.94. The van der Waals surface area contributed by atoms with Gasteiger partial charge in [-0.3, -0.25) is 9.59 Å². The number of carbonyl (C=O) groups excluding carboxylic acids is 2. The second-order valence-electron chi connectivity index (χ2n) is 7.74. The molecule has 0 radical (unpaired) electrons. The Kier molecular flexibility index (Phi) is 8.39. The van der Waals surface area contributed by atoms with Crippen LogP contribution in [0.3, 0.4) is 0 Å². The zero-order valence-electron chi connectivity index (χ0n) is 16.4. The Bertz CT molecular complexity index is 649. The van der Waals surface area contributed by atoms with E-state index in [1.807, 2.05) is 0 Å². The van der Waals surface area contributed by atoms with Gasteiger partial charge in [-0.25, -0.2) is 0 Å². The molecule has 1 heterocycles. The number of esters is 1. The normalized spacial score (nSPS) is 23.2. The zero-order valence-corrected chi connectivity index (χ0v) is 18.1. The smallest absolute Gasteiger partial charge is 0.316 e. The molecule has 2 N–H and O–H groups in total. The summed E-state index contributed by atoms with van der Waals surface area (Å²) in [6.45, 7) is 1.94. The summed E-state index contributed by atoms with van der Waals surface area (Å²) in [6.07, 6.45) is 10.7. The van der Waals surface area contributed by atoms with Crippen molar-refractivity contribution in [3.63, 3.8) is 0 Å². The first-order valence-corrected chi connectivity index (χ1v) is 12.1. The van der Waals surface area contributed by atoms with Crippen LogP contribution in [-0.2, 0) is 14.3 Å². The fourth-order valence-corrected chi connectivity index (χ4v) is 5.46. The van der Waals surface area contributed by atoms with Gasteiger partial charge < -0.3 is 15.4 Å². The average molecular weight is 427 g/mol. The highest BCUT2D eigenvalue weighted by molar-refractivity contribution is 8.01. The van der Waals surface area contributed by atoms with Gasteiger partial charge >= 0.3 is 5.97 Å². The van der Waals surface area contributed by atoms with E-state index in [9.17, 15) is 9.59 Å². The van der Waals surface area contributed by atoms with Gasteiger partial charge in [-0.15, -0.1) is 10.2 Å². The number of hydrogen-bond acceptors (Lipinski definition) is 8. The molecule has 156 valence electrons. The molecular weight excluding hydrogens is 396 g/mol. The minimum absolute atomic E-state index is 0.130. The van der Waals surface area contributed by atoms with Gasteiger partial charge in [-0.05, 0) is 31.6 Å². The molecule has 0 unspecified atom stereocenters. The highest BCUT2D eigenvalue weighted by Gasteiger charge is 2.23. The maximum atomic E-state index is 12.0. The van der Waals surface area contributed by atoms with E-state index in [4.69, 9.17) is 4.74 Å². The van der Waals surface area contributed by atoms with Gasteiger partial charge in [0.05, 0.1) is 5.75 Å². The maximum absolute atomic E-state index is 12.0. The van der Waals surface area contributed by atoms with E-state index in [-0.39, 0.29) is 24.3 Å². The van der Waals surface area contributed by atoms with Gasteiger partial charge in [0.15, 0.2) is 10.9 Å². The Morgan fingerprint density at radius 2 is 1.86 bits per heavy atom. The lowest BCUT2D eigenvalue weighted by molar-refractivity contribution is -0.146. The van der Waals surface area contributed by atoms with Crippen molar-refractivity contribution in [2.45, 2.75) is 81.1 Å². The van der Waals surface area contributed by atoms with Gasteiger partial charge in [0.1, 0.15) is 0 Å². The van der Waals surface area contributed by atoms with Gasteiger partial charge in [0, 0.05) is 12.1 Å². The summed E-state index contributed by atoms with van der Waals surface area (Å²) in [5, 5.41) is 15.5. The number of anilines is 1. The molecule has 0 aliphatic heterocycles. The van der Waals surface area contributed by atoms with Crippen molar-refractivity contribution >= 4 is 40.1 Å².